The van der Waals surface area contributed by atoms with Gasteiger partial charge in [-0.15, -0.1) is 0 Å². The Hall–Kier alpha value is -1.72. The lowest BCUT2D eigenvalue weighted by Crippen LogP contribution is -2.29. The van der Waals surface area contributed by atoms with Crippen molar-refractivity contribution in [3.63, 3.8) is 0 Å². The zero-order valence-corrected chi connectivity index (χ0v) is 10.3. The highest BCUT2D eigenvalue weighted by molar-refractivity contribution is 5.21. The Labute approximate surface area is 106 Å². The van der Waals surface area contributed by atoms with E-state index in [0.29, 0.717) is 6.42 Å². The molecule has 1 atom stereocenters. The van der Waals surface area contributed by atoms with E-state index in [1.54, 1.807) is 12.3 Å². The Bertz CT molecular complexity index is 509. The maximum atomic E-state index is 13.1. The van der Waals surface area contributed by atoms with Gasteiger partial charge in [0.1, 0.15) is 5.82 Å². The molecule has 1 aromatic heterocycles. The SMILES string of the molecule is CCn1cc(C(Cc2cccc(F)c2)NN)cn1. The number of nitrogens with two attached hydrogens (primary N) is 1. The van der Waals surface area contributed by atoms with Crippen LogP contribution in [0.4, 0.5) is 4.39 Å². The second-order valence-corrected chi connectivity index (χ2v) is 4.18. The van der Waals surface area contributed by atoms with Crippen molar-refractivity contribution in [2.75, 3.05) is 0 Å². The van der Waals surface area contributed by atoms with E-state index in [1.165, 1.54) is 12.1 Å². The first-order valence-corrected chi connectivity index (χ1v) is 5.96. The topological polar surface area (TPSA) is 55.9 Å². The minimum atomic E-state index is -0.229. The van der Waals surface area contributed by atoms with Crippen molar-refractivity contribution in [2.45, 2.75) is 25.9 Å². The van der Waals surface area contributed by atoms with Crippen molar-refractivity contribution in [1.82, 2.24) is 15.2 Å². The van der Waals surface area contributed by atoms with E-state index in [-0.39, 0.29) is 11.9 Å². The molecule has 96 valence electrons. The predicted molar refractivity (Wildman–Crippen MR) is 68.1 cm³/mol. The van der Waals surface area contributed by atoms with Crippen molar-refractivity contribution < 1.29 is 4.39 Å². The number of hydrogen-bond acceptors (Lipinski definition) is 3. The summed E-state index contributed by atoms with van der Waals surface area (Å²) in [4.78, 5) is 0. The lowest BCUT2D eigenvalue weighted by Gasteiger charge is -2.14. The molecule has 0 amide bonds. The standard InChI is InChI=1S/C13H17FN4/c1-2-18-9-11(8-16-18)13(17-15)7-10-4-3-5-12(14)6-10/h3-6,8-9,13,17H,2,7,15H2,1H3. The van der Waals surface area contributed by atoms with Gasteiger partial charge in [0, 0.05) is 18.3 Å². The van der Waals surface area contributed by atoms with Crippen LogP contribution in [0, 0.1) is 5.82 Å². The van der Waals surface area contributed by atoms with Gasteiger partial charge in [-0.2, -0.15) is 5.10 Å². The fourth-order valence-electron chi connectivity index (χ4n) is 1.91. The van der Waals surface area contributed by atoms with Gasteiger partial charge in [0.2, 0.25) is 0 Å². The van der Waals surface area contributed by atoms with Gasteiger partial charge in [-0.05, 0) is 31.0 Å². The quantitative estimate of drug-likeness (QED) is 0.626. The molecule has 18 heavy (non-hydrogen) atoms. The summed E-state index contributed by atoms with van der Waals surface area (Å²) in [6, 6.07) is 6.48. The van der Waals surface area contributed by atoms with Gasteiger partial charge in [0.25, 0.3) is 0 Å². The summed E-state index contributed by atoms with van der Waals surface area (Å²) < 4.78 is 15.0. The highest BCUT2D eigenvalue weighted by Crippen LogP contribution is 2.17. The zero-order chi connectivity index (χ0) is 13.0. The number of nitrogens with one attached hydrogen (secondary N) is 1. The molecule has 3 N–H and O–H groups in total. The third-order valence-corrected chi connectivity index (χ3v) is 2.91. The Kier molecular flexibility index (Phi) is 4.07. The van der Waals surface area contributed by atoms with Gasteiger partial charge >= 0.3 is 0 Å². The largest absolute Gasteiger partial charge is 0.273 e. The van der Waals surface area contributed by atoms with Crippen LogP contribution in [-0.4, -0.2) is 9.78 Å². The predicted octanol–water partition coefficient (Wildman–Crippen LogP) is 1.79. The average molecular weight is 248 g/mol. The third-order valence-electron chi connectivity index (χ3n) is 2.91. The monoisotopic (exact) mass is 248 g/mol. The lowest BCUT2D eigenvalue weighted by molar-refractivity contribution is 0.547. The number of aromatic nitrogens is 2. The van der Waals surface area contributed by atoms with E-state index in [9.17, 15) is 4.39 Å². The van der Waals surface area contributed by atoms with Gasteiger partial charge in [-0.3, -0.25) is 16.0 Å². The molecule has 1 aromatic carbocycles. The molecule has 0 fully saturated rings. The molecular weight excluding hydrogens is 231 g/mol. The summed E-state index contributed by atoms with van der Waals surface area (Å²) in [6.45, 7) is 2.84. The molecule has 0 aliphatic rings. The number of hydrogen-bond donors (Lipinski definition) is 2. The smallest absolute Gasteiger partial charge is 0.123 e. The Balaban J connectivity index is 2.14. The first kappa shape index (κ1) is 12.7. The molecule has 0 saturated heterocycles. The fourth-order valence-corrected chi connectivity index (χ4v) is 1.91. The molecule has 1 unspecified atom stereocenters. The lowest BCUT2D eigenvalue weighted by atomic mass is 10.0. The molecule has 0 saturated carbocycles. The molecule has 2 rings (SSSR count). The molecule has 0 spiro atoms. The number of benzene rings is 1. The number of rotatable bonds is 5. The minimum Gasteiger partial charge on any atom is -0.273 e. The van der Waals surface area contributed by atoms with Crippen molar-refractivity contribution in [3.05, 3.63) is 53.6 Å². The van der Waals surface area contributed by atoms with E-state index in [0.717, 1.165) is 17.7 Å². The third kappa shape index (κ3) is 2.94. The summed E-state index contributed by atoms with van der Waals surface area (Å²) in [6.07, 6.45) is 4.36. The van der Waals surface area contributed by atoms with Gasteiger partial charge < -0.3 is 0 Å². The molecule has 2 aromatic rings. The maximum Gasteiger partial charge on any atom is 0.123 e. The van der Waals surface area contributed by atoms with Crippen molar-refractivity contribution in [3.8, 4) is 0 Å². The molecule has 0 bridgehead atoms. The van der Waals surface area contributed by atoms with E-state index < -0.39 is 0 Å². The van der Waals surface area contributed by atoms with Crippen LogP contribution in [0.25, 0.3) is 0 Å². The van der Waals surface area contributed by atoms with Crippen molar-refractivity contribution in [1.29, 1.82) is 0 Å². The van der Waals surface area contributed by atoms with E-state index in [2.05, 4.69) is 10.5 Å². The Morgan fingerprint density at radius 3 is 2.94 bits per heavy atom. The number of hydrazine groups is 1. The minimum absolute atomic E-state index is 0.0629. The van der Waals surface area contributed by atoms with Crippen LogP contribution in [0.1, 0.15) is 24.1 Å². The molecular formula is C13H17FN4. The summed E-state index contributed by atoms with van der Waals surface area (Å²) in [7, 11) is 0. The van der Waals surface area contributed by atoms with Crippen molar-refractivity contribution in [2.24, 2.45) is 5.84 Å². The molecule has 5 heteroatoms. The summed E-state index contributed by atoms with van der Waals surface area (Å²) in [5.41, 5.74) is 4.66. The van der Waals surface area contributed by atoms with E-state index >= 15 is 0 Å². The summed E-state index contributed by atoms with van der Waals surface area (Å²) in [5, 5.41) is 4.21. The van der Waals surface area contributed by atoms with Gasteiger partial charge in [-0.1, -0.05) is 12.1 Å². The first-order valence-electron chi connectivity index (χ1n) is 5.96. The van der Waals surface area contributed by atoms with Gasteiger partial charge in [0.05, 0.1) is 12.2 Å². The fraction of sp³-hybridized carbons (Fsp3) is 0.308. The van der Waals surface area contributed by atoms with Crippen LogP contribution in [0.3, 0.4) is 0 Å². The van der Waals surface area contributed by atoms with Crippen LogP contribution < -0.4 is 11.3 Å². The maximum absolute atomic E-state index is 13.1. The second-order valence-electron chi connectivity index (χ2n) is 4.18. The van der Waals surface area contributed by atoms with Crippen LogP contribution in [0.2, 0.25) is 0 Å². The Morgan fingerprint density at radius 2 is 2.33 bits per heavy atom. The van der Waals surface area contributed by atoms with Crippen LogP contribution >= 0.6 is 0 Å². The second kappa shape index (κ2) is 5.75. The average Bonchev–Trinajstić information content (AvgIpc) is 2.84. The number of nitrogens with zero attached hydrogens (tertiary/aromatic N) is 2. The number of halogens is 1. The normalized spacial score (nSPS) is 12.6. The highest BCUT2D eigenvalue weighted by Gasteiger charge is 2.12. The first-order chi connectivity index (χ1) is 8.72. The molecule has 1 heterocycles. The van der Waals surface area contributed by atoms with E-state index in [4.69, 9.17) is 5.84 Å². The molecule has 0 radical (unpaired) electrons. The van der Waals surface area contributed by atoms with Crippen molar-refractivity contribution >= 4 is 0 Å². The van der Waals surface area contributed by atoms with Crippen LogP contribution in [0.5, 0.6) is 0 Å². The van der Waals surface area contributed by atoms with Crippen LogP contribution in [0.15, 0.2) is 36.7 Å². The summed E-state index contributed by atoms with van der Waals surface area (Å²) >= 11 is 0. The highest BCUT2D eigenvalue weighted by atomic mass is 19.1. The molecule has 0 aliphatic heterocycles. The van der Waals surface area contributed by atoms with Gasteiger partial charge in [0.15, 0.2) is 0 Å². The number of aryl methyl sites for hydroxylation is 1. The van der Waals surface area contributed by atoms with Crippen LogP contribution in [-0.2, 0) is 13.0 Å². The van der Waals surface area contributed by atoms with E-state index in [1.807, 2.05) is 23.9 Å². The zero-order valence-electron chi connectivity index (χ0n) is 10.3. The van der Waals surface area contributed by atoms with Gasteiger partial charge in [-0.25, -0.2) is 4.39 Å². The molecule has 0 aliphatic carbocycles. The molecule has 4 nitrogen and oxygen atoms in total. The summed E-state index contributed by atoms with van der Waals surface area (Å²) in [5.74, 6) is 5.33. The Morgan fingerprint density at radius 1 is 1.50 bits per heavy atom.